The number of carbonyl (C=O) groups is 2. The van der Waals surface area contributed by atoms with Gasteiger partial charge in [0.25, 0.3) is 0 Å². The van der Waals surface area contributed by atoms with Gasteiger partial charge in [-0.3, -0.25) is 9.59 Å². The molecule has 0 saturated carbocycles. The quantitative estimate of drug-likeness (QED) is 0.468. The van der Waals surface area contributed by atoms with Crippen LogP contribution in [0.5, 0.6) is 0 Å². The molecule has 1 aliphatic rings. The molecule has 0 aliphatic carbocycles. The summed E-state index contributed by atoms with van der Waals surface area (Å²) in [7, 11) is -3.64. The van der Waals surface area contributed by atoms with Gasteiger partial charge in [0.1, 0.15) is 0 Å². The van der Waals surface area contributed by atoms with E-state index in [9.17, 15) is 18.0 Å². The summed E-state index contributed by atoms with van der Waals surface area (Å²) in [4.78, 5) is 24.1. The number of aryl methyl sites for hydroxylation is 1. The van der Waals surface area contributed by atoms with E-state index in [2.05, 4.69) is 35.4 Å². The second-order valence-electron chi connectivity index (χ2n) is 8.60. The number of hydrogen-bond acceptors (Lipinski definition) is 4. The summed E-state index contributed by atoms with van der Waals surface area (Å²) in [6, 6.07) is 20.4. The molecule has 0 atom stereocenters. The first-order valence-electron chi connectivity index (χ1n) is 11.7. The molecule has 0 spiro atoms. The summed E-state index contributed by atoms with van der Waals surface area (Å²) < 4.78 is 27.4. The van der Waals surface area contributed by atoms with Crippen LogP contribution in [0.1, 0.15) is 24.8 Å². The topological polar surface area (TPSA) is 95.6 Å². The lowest BCUT2D eigenvalue weighted by atomic mass is 10.0. The summed E-state index contributed by atoms with van der Waals surface area (Å²) in [6.45, 7) is 4.10. The minimum absolute atomic E-state index is 0.0570. The Bertz CT molecular complexity index is 1320. The Morgan fingerprint density at radius 1 is 0.971 bits per heavy atom. The Balaban J connectivity index is 1.32. The van der Waals surface area contributed by atoms with Crippen LogP contribution in [0.2, 0.25) is 0 Å². The van der Waals surface area contributed by atoms with Crippen molar-refractivity contribution >= 4 is 38.3 Å². The largest absolute Gasteiger partial charge is 0.350 e. The van der Waals surface area contributed by atoms with Crippen molar-refractivity contribution in [2.75, 3.05) is 18.4 Å². The van der Waals surface area contributed by atoms with Gasteiger partial charge in [0, 0.05) is 31.2 Å². The summed E-state index contributed by atoms with van der Waals surface area (Å²) in [5, 5.41) is 7.96. The molecule has 2 amide bonds. The molecule has 1 saturated heterocycles. The van der Waals surface area contributed by atoms with E-state index in [-0.39, 0.29) is 22.8 Å². The van der Waals surface area contributed by atoms with Gasteiger partial charge in [0.05, 0.1) is 4.90 Å². The molecule has 1 heterocycles. The molecule has 7 nitrogen and oxygen atoms in total. The number of fused-ring (bicyclic) bond motifs is 1. The summed E-state index contributed by atoms with van der Waals surface area (Å²) in [6.07, 6.45) is 3.24. The van der Waals surface area contributed by atoms with Crippen LogP contribution in [0.4, 0.5) is 5.69 Å². The SMILES string of the molecule is C=CC(=O)NC1CCN(S(=O)(=O)c2ccc(NC(=O)CCc3cccc4ccccc34)cc2)CC1. The van der Waals surface area contributed by atoms with E-state index in [4.69, 9.17) is 0 Å². The molecule has 0 bridgehead atoms. The van der Waals surface area contributed by atoms with Gasteiger partial charge in [0.2, 0.25) is 21.8 Å². The molecule has 2 N–H and O–H groups in total. The van der Waals surface area contributed by atoms with Gasteiger partial charge in [-0.05, 0) is 65.9 Å². The van der Waals surface area contributed by atoms with Crippen molar-refractivity contribution in [2.45, 2.75) is 36.6 Å². The van der Waals surface area contributed by atoms with Crippen LogP contribution in [0, 0.1) is 0 Å². The second-order valence-corrected chi connectivity index (χ2v) is 10.5. The monoisotopic (exact) mass is 491 g/mol. The van der Waals surface area contributed by atoms with Crippen molar-refractivity contribution in [1.29, 1.82) is 0 Å². The zero-order valence-corrected chi connectivity index (χ0v) is 20.3. The number of benzene rings is 3. The molecule has 1 fully saturated rings. The molecule has 0 aromatic heterocycles. The Morgan fingerprint density at radius 3 is 2.37 bits per heavy atom. The maximum atomic E-state index is 13.0. The number of piperidine rings is 1. The molecule has 0 unspecified atom stereocenters. The van der Waals surface area contributed by atoms with Crippen molar-refractivity contribution in [3.8, 4) is 0 Å². The molecule has 1 aliphatic heterocycles. The maximum absolute atomic E-state index is 13.0. The Hall–Kier alpha value is -3.49. The van der Waals surface area contributed by atoms with Gasteiger partial charge < -0.3 is 10.6 Å². The van der Waals surface area contributed by atoms with E-state index in [1.807, 2.05) is 24.3 Å². The number of sulfonamides is 1. The molecule has 3 aromatic carbocycles. The number of nitrogens with one attached hydrogen (secondary N) is 2. The third kappa shape index (κ3) is 5.96. The number of rotatable bonds is 8. The van der Waals surface area contributed by atoms with Crippen molar-refractivity contribution in [3.05, 3.63) is 84.9 Å². The minimum Gasteiger partial charge on any atom is -0.350 e. The molecule has 0 radical (unpaired) electrons. The van der Waals surface area contributed by atoms with Gasteiger partial charge >= 0.3 is 0 Å². The van der Waals surface area contributed by atoms with Crippen molar-refractivity contribution < 1.29 is 18.0 Å². The van der Waals surface area contributed by atoms with E-state index in [1.54, 1.807) is 12.1 Å². The zero-order valence-electron chi connectivity index (χ0n) is 19.4. The van der Waals surface area contributed by atoms with Gasteiger partial charge in [-0.25, -0.2) is 8.42 Å². The highest BCUT2D eigenvalue weighted by atomic mass is 32.2. The van der Waals surface area contributed by atoms with Gasteiger partial charge in [-0.2, -0.15) is 4.31 Å². The third-order valence-electron chi connectivity index (χ3n) is 6.26. The van der Waals surface area contributed by atoms with Crippen LogP contribution >= 0.6 is 0 Å². The Labute approximate surface area is 205 Å². The summed E-state index contributed by atoms with van der Waals surface area (Å²) in [5.41, 5.74) is 1.67. The number of anilines is 1. The first-order chi connectivity index (χ1) is 16.9. The highest BCUT2D eigenvalue weighted by molar-refractivity contribution is 7.89. The van der Waals surface area contributed by atoms with E-state index >= 15 is 0 Å². The lowest BCUT2D eigenvalue weighted by molar-refractivity contribution is -0.117. The lowest BCUT2D eigenvalue weighted by Crippen LogP contribution is -2.46. The molecular weight excluding hydrogens is 462 g/mol. The standard InChI is InChI=1S/C27H29N3O4S/c1-2-26(31)28-23-16-18-30(19-17-23)35(33,34)24-13-11-22(12-14-24)29-27(32)15-10-21-8-5-7-20-6-3-4-9-25(20)21/h2-9,11-14,23H,1,10,15-19H2,(H,28,31)(H,29,32). The van der Waals surface area contributed by atoms with Crippen LogP contribution in [0.3, 0.4) is 0 Å². The van der Waals surface area contributed by atoms with Gasteiger partial charge in [0.15, 0.2) is 0 Å². The summed E-state index contributed by atoms with van der Waals surface area (Å²) in [5.74, 6) is -0.377. The highest BCUT2D eigenvalue weighted by Gasteiger charge is 2.29. The average molecular weight is 492 g/mol. The number of nitrogens with zero attached hydrogens (tertiary/aromatic N) is 1. The number of carbonyl (C=O) groups excluding carboxylic acids is 2. The molecule has 35 heavy (non-hydrogen) atoms. The number of hydrogen-bond donors (Lipinski definition) is 2. The zero-order chi connectivity index (χ0) is 24.8. The molecule has 4 rings (SSSR count). The number of amides is 2. The van der Waals surface area contributed by atoms with E-state index in [0.29, 0.717) is 44.5 Å². The first kappa shape index (κ1) is 24.6. The van der Waals surface area contributed by atoms with E-state index in [0.717, 1.165) is 16.3 Å². The average Bonchev–Trinajstić information content (AvgIpc) is 2.88. The van der Waals surface area contributed by atoms with Crippen molar-refractivity contribution in [1.82, 2.24) is 9.62 Å². The Kier molecular flexibility index (Phi) is 7.63. The Morgan fingerprint density at radius 2 is 1.66 bits per heavy atom. The maximum Gasteiger partial charge on any atom is 0.243 e. The first-order valence-corrected chi connectivity index (χ1v) is 13.1. The van der Waals surface area contributed by atoms with Crippen LogP contribution < -0.4 is 10.6 Å². The van der Waals surface area contributed by atoms with E-state index in [1.165, 1.54) is 22.5 Å². The fourth-order valence-electron chi connectivity index (χ4n) is 4.34. The van der Waals surface area contributed by atoms with Crippen molar-refractivity contribution in [3.63, 3.8) is 0 Å². The predicted molar refractivity (Wildman–Crippen MR) is 137 cm³/mol. The van der Waals surface area contributed by atoms with E-state index < -0.39 is 10.0 Å². The fourth-order valence-corrected chi connectivity index (χ4v) is 5.81. The van der Waals surface area contributed by atoms with Crippen LogP contribution in [-0.4, -0.2) is 43.7 Å². The smallest absolute Gasteiger partial charge is 0.243 e. The minimum atomic E-state index is -3.64. The third-order valence-corrected chi connectivity index (χ3v) is 8.18. The molecule has 182 valence electrons. The van der Waals surface area contributed by atoms with Crippen molar-refractivity contribution in [2.24, 2.45) is 0 Å². The fraction of sp³-hybridized carbons (Fsp3) is 0.259. The van der Waals surface area contributed by atoms with Crippen LogP contribution in [-0.2, 0) is 26.0 Å². The molecule has 8 heteroatoms. The lowest BCUT2D eigenvalue weighted by Gasteiger charge is -2.31. The van der Waals surface area contributed by atoms with Crippen LogP contribution in [0.15, 0.2) is 84.3 Å². The second kappa shape index (κ2) is 10.8. The normalized spacial score (nSPS) is 15.0. The van der Waals surface area contributed by atoms with Gasteiger partial charge in [-0.15, -0.1) is 0 Å². The van der Waals surface area contributed by atoms with Crippen LogP contribution in [0.25, 0.3) is 10.8 Å². The highest BCUT2D eigenvalue weighted by Crippen LogP contribution is 2.23. The van der Waals surface area contributed by atoms with Gasteiger partial charge in [-0.1, -0.05) is 49.0 Å². The summed E-state index contributed by atoms with van der Waals surface area (Å²) >= 11 is 0. The molecule has 3 aromatic rings. The predicted octanol–water partition coefficient (Wildman–Crippen LogP) is 3.87. The molecular formula is C27H29N3O4S.